The maximum Gasteiger partial charge on any atom is 0.0440 e. The molecule has 0 heterocycles. The van der Waals surface area contributed by atoms with Crippen LogP contribution >= 0.6 is 11.6 Å². The van der Waals surface area contributed by atoms with Crippen LogP contribution in [-0.2, 0) is 0 Å². The number of unbranched alkanes of at least 4 members (excludes halogenated alkanes) is 2. The van der Waals surface area contributed by atoms with Gasteiger partial charge in [-0.2, -0.15) is 0 Å². The van der Waals surface area contributed by atoms with Crippen molar-refractivity contribution in [2.24, 2.45) is 10.5 Å². The number of azide groups is 1. The number of nitrogens with zero attached hydrogens (tertiary/aromatic N) is 3. The summed E-state index contributed by atoms with van der Waals surface area (Å²) in [5.74, 6) is 0.827. The summed E-state index contributed by atoms with van der Waals surface area (Å²) in [5, 5.41) is 3.37. The number of alkyl halides is 1. The van der Waals surface area contributed by atoms with Crippen molar-refractivity contribution < 1.29 is 0 Å². The molecule has 0 aromatic rings. The van der Waals surface area contributed by atoms with Crippen LogP contribution in [0.3, 0.4) is 0 Å². The monoisotopic (exact) mass is 245 g/mol. The Morgan fingerprint density at radius 1 is 1.31 bits per heavy atom. The summed E-state index contributed by atoms with van der Waals surface area (Å²) in [7, 11) is 0. The topological polar surface area (TPSA) is 48.8 Å². The van der Waals surface area contributed by atoms with E-state index in [-0.39, 0.29) is 5.41 Å². The minimum atomic E-state index is 0.185. The summed E-state index contributed by atoms with van der Waals surface area (Å²) >= 11 is 5.38. The van der Waals surface area contributed by atoms with Crippen molar-refractivity contribution in [1.82, 2.24) is 0 Å². The summed E-state index contributed by atoms with van der Waals surface area (Å²) in [6.45, 7) is 8.92. The minimum absolute atomic E-state index is 0.185. The van der Waals surface area contributed by atoms with Crippen LogP contribution < -0.4 is 0 Å². The van der Waals surface area contributed by atoms with Gasteiger partial charge < -0.3 is 0 Å². The number of hydrogen-bond donors (Lipinski definition) is 0. The van der Waals surface area contributed by atoms with Gasteiger partial charge in [0.25, 0.3) is 0 Å². The van der Waals surface area contributed by atoms with Gasteiger partial charge in [-0.15, -0.1) is 11.6 Å². The predicted octanol–water partition coefficient (Wildman–Crippen LogP) is 5.31. The molecule has 0 aromatic carbocycles. The Bertz CT molecular complexity index is 209. The van der Waals surface area contributed by atoms with Crippen LogP contribution in [0.1, 0.15) is 47.0 Å². The molecule has 0 radical (unpaired) electrons. The minimum Gasteiger partial charge on any atom is -0.127 e. The van der Waals surface area contributed by atoms with E-state index in [0.29, 0.717) is 6.54 Å². The van der Waals surface area contributed by atoms with Gasteiger partial charge in [-0.3, -0.25) is 0 Å². The highest BCUT2D eigenvalue weighted by molar-refractivity contribution is 6.17. The van der Waals surface area contributed by atoms with E-state index in [0.717, 1.165) is 5.88 Å². The van der Waals surface area contributed by atoms with E-state index in [4.69, 9.17) is 17.1 Å². The largest absolute Gasteiger partial charge is 0.127 e. The molecule has 0 amide bonds. The zero-order chi connectivity index (χ0) is 12.9. The molecule has 3 nitrogen and oxygen atoms in total. The van der Waals surface area contributed by atoms with Crippen molar-refractivity contribution in [2.45, 2.75) is 47.0 Å². The summed E-state index contributed by atoms with van der Waals surface area (Å²) in [6, 6.07) is 0. The standard InChI is InChI=1S/C7H13N3.C5H11Cl/c1-7(2,3)5-4-6-9-10-8;1-2-3-4-5-6/h4-5H,6H2,1-3H3;2-5H2,1H3. The highest BCUT2D eigenvalue weighted by atomic mass is 35.5. The molecule has 0 N–H and O–H groups in total. The molecule has 0 saturated carbocycles. The van der Waals surface area contributed by atoms with E-state index in [9.17, 15) is 0 Å². The van der Waals surface area contributed by atoms with Gasteiger partial charge in [0.15, 0.2) is 0 Å². The van der Waals surface area contributed by atoms with E-state index in [2.05, 4.69) is 37.7 Å². The Hall–Kier alpha value is -0.660. The molecular formula is C12H24ClN3. The Morgan fingerprint density at radius 2 is 1.94 bits per heavy atom. The predicted molar refractivity (Wildman–Crippen MR) is 72.9 cm³/mol. The van der Waals surface area contributed by atoms with Crippen molar-refractivity contribution in [3.05, 3.63) is 22.6 Å². The lowest BCUT2D eigenvalue weighted by Gasteiger charge is -2.10. The fourth-order valence-electron chi connectivity index (χ4n) is 0.834. The van der Waals surface area contributed by atoms with Crippen molar-refractivity contribution in [2.75, 3.05) is 12.4 Å². The molecule has 16 heavy (non-hydrogen) atoms. The fourth-order valence-corrected chi connectivity index (χ4v) is 1.02. The summed E-state index contributed by atoms with van der Waals surface area (Å²) < 4.78 is 0. The Balaban J connectivity index is 0. The lowest BCUT2D eigenvalue weighted by atomic mass is 9.96. The first-order valence-corrected chi connectivity index (χ1v) is 6.26. The second-order valence-electron chi connectivity index (χ2n) is 4.58. The van der Waals surface area contributed by atoms with Crippen LogP contribution in [0.5, 0.6) is 0 Å². The molecule has 0 aromatic heterocycles. The molecule has 0 aliphatic carbocycles. The molecular weight excluding hydrogens is 222 g/mol. The Labute approximate surface area is 105 Å². The van der Waals surface area contributed by atoms with Crippen LogP contribution in [0.15, 0.2) is 17.3 Å². The van der Waals surface area contributed by atoms with Gasteiger partial charge >= 0.3 is 0 Å². The van der Waals surface area contributed by atoms with Crippen LogP contribution in [0.4, 0.5) is 0 Å². The number of allylic oxidation sites excluding steroid dienone is 1. The lowest BCUT2D eigenvalue weighted by molar-refractivity contribution is 0.543. The van der Waals surface area contributed by atoms with Gasteiger partial charge in [0, 0.05) is 17.3 Å². The highest BCUT2D eigenvalue weighted by Crippen LogP contribution is 2.13. The van der Waals surface area contributed by atoms with Gasteiger partial charge in [0.2, 0.25) is 0 Å². The average molecular weight is 246 g/mol. The van der Waals surface area contributed by atoms with E-state index < -0.39 is 0 Å². The van der Waals surface area contributed by atoms with Crippen molar-refractivity contribution in [1.29, 1.82) is 0 Å². The molecule has 0 aliphatic heterocycles. The SMILES string of the molecule is CC(C)(C)C=CCN=[N+]=[N-].CCCCCCl. The smallest absolute Gasteiger partial charge is 0.0440 e. The molecule has 0 bridgehead atoms. The maximum atomic E-state index is 7.92. The molecule has 94 valence electrons. The molecule has 0 unspecified atom stereocenters. The van der Waals surface area contributed by atoms with Gasteiger partial charge in [0.05, 0.1) is 0 Å². The first-order chi connectivity index (χ1) is 7.47. The van der Waals surface area contributed by atoms with Crippen molar-refractivity contribution >= 4 is 11.6 Å². The number of rotatable bonds is 5. The summed E-state index contributed by atoms with van der Waals surface area (Å²) in [4.78, 5) is 2.63. The molecule has 0 atom stereocenters. The molecule has 0 spiro atoms. The van der Waals surface area contributed by atoms with Crippen LogP contribution in [0.25, 0.3) is 10.4 Å². The van der Waals surface area contributed by atoms with Crippen molar-refractivity contribution in [3.8, 4) is 0 Å². The maximum absolute atomic E-state index is 7.92. The molecule has 0 fully saturated rings. The number of hydrogen-bond acceptors (Lipinski definition) is 1. The highest BCUT2D eigenvalue weighted by Gasteiger charge is 2.01. The zero-order valence-corrected chi connectivity index (χ0v) is 11.7. The summed E-state index contributed by atoms with van der Waals surface area (Å²) in [6.07, 6.45) is 7.63. The normalized spacial score (nSPS) is 10.6. The third kappa shape index (κ3) is 23.3. The second-order valence-corrected chi connectivity index (χ2v) is 4.96. The lowest BCUT2D eigenvalue weighted by Crippen LogP contribution is -1.98. The van der Waals surface area contributed by atoms with E-state index in [1.54, 1.807) is 0 Å². The van der Waals surface area contributed by atoms with Crippen LogP contribution in [0, 0.1) is 5.41 Å². The molecule has 4 heteroatoms. The fraction of sp³-hybridized carbons (Fsp3) is 0.833. The number of halogens is 1. The first-order valence-electron chi connectivity index (χ1n) is 5.72. The third-order valence-electron chi connectivity index (χ3n) is 1.61. The van der Waals surface area contributed by atoms with E-state index >= 15 is 0 Å². The Morgan fingerprint density at radius 3 is 2.25 bits per heavy atom. The van der Waals surface area contributed by atoms with Crippen molar-refractivity contribution in [3.63, 3.8) is 0 Å². The Kier molecular flexibility index (Phi) is 13.7. The second kappa shape index (κ2) is 12.4. The summed E-state index contributed by atoms with van der Waals surface area (Å²) in [5.41, 5.74) is 8.11. The van der Waals surface area contributed by atoms with Gasteiger partial charge in [-0.25, -0.2) is 0 Å². The van der Waals surface area contributed by atoms with Crippen LogP contribution in [0.2, 0.25) is 0 Å². The third-order valence-corrected chi connectivity index (χ3v) is 1.87. The first kappa shape index (κ1) is 17.7. The van der Waals surface area contributed by atoms with Gasteiger partial charge in [-0.05, 0) is 17.4 Å². The van der Waals surface area contributed by atoms with E-state index in [1.807, 2.05) is 12.2 Å². The molecule has 0 saturated heterocycles. The molecule has 0 rings (SSSR count). The van der Waals surface area contributed by atoms with Gasteiger partial charge in [-0.1, -0.05) is 57.8 Å². The van der Waals surface area contributed by atoms with E-state index in [1.165, 1.54) is 19.3 Å². The molecule has 0 aliphatic rings. The quantitative estimate of drug-likeness (QED) is 0.157. The average Bonchev–Trinajstić information content (AvgIpc) is 2.21. The van der Waals surface area contributed by atoms with Gasteiger partial charge in [0.1, 0.15) is 0 Å². The zero-order valence-electron chi connectivity index (χ0n) is 10.9. The van der Waals surface area contributed by atoms with Crippen LogP contribution in [-0.4, -0.2) is 12.4 Å².